The largest absolute Gasteiger partial charge is 0.339 e. The molecule has 0 radical (unpaired) electrons. The van der Waals surface area contributed by atoms with Gasteiger partial charge in [0.25, 0.3) is 10.0 Å². The number of aryl methyl sites for hydroxylation is 2. The van der Waals surface area contributed by atoms with Gasteiger partial charge in [-0.15, -0.1) is 11.3 Å². The molecule has 0 atom stereocenters. The van der Waals surface area contributed by atoms with Crippen molar-refractivity contribution in [3.63, 3.8) is 0 Å². The molecule has 0 saturated carbocycles. The van der Waals surface area contributed by atoms with Crippen LogP contribution in [0.4, 0.5) is 10.1 Å². The number of carbonyl (C=O) groups is 1. The first-order valence-electron chi connectivity index (χ1n) is 10.3. The number of thiophene rings is 1. The zero-order chi connectivity index (χ0) is 22.9. The average molecular weight is 479 g/mol. The highest BCUT2D eigenvalue weighted by molar-refractivity contribution is 7.91. The molecule has 11 heteroatoms. The first kappa shape index (κ1) is 22.6. The van der Waals surface area contributed by atoms with Crippen LogP contribution in [0.5, 0.6) is 0 Å². The number of nitrogens with one attached hydrogen (secondary N) is 1. The van der Waals surface area contributed by atoms with E-state index in [4.69, 9.17) is 4.52 Å². The Bertz CT molecular complexity index is 1230. The van der Waals surface area contributed by atoms with E-state index in [1.165, 1.54) is 10.4 Å². The molecule has 8 nitrogen and oxygen atoms in total. The summed E-state index contributed by atoms with van der Waals surface area (Å²) >= 11 is 1.11. The number of halogens is 1. The standard InChI is InChI=1S/C21H23FN4O4S2/c1-3-18-24-20(25-30-18)15-10-19(31-12-15)32(28,29)26-8-6-14(7-9-26)21(27)23-16-5-4-13(2)17(22)11-16/h4-5,10-12,14H,3,6-9H2,1-2H3,(H,23,27). The molecule has 1 aliphatic rings. The van der Waals surface area contributed by atoms with Gasteiger partial charge in [0.1, 0.15) is 10.0 Å². The first-order valence-corrected chi connectivity index (χ1v) is 12.6. The Labute approximate surface area is 189 Å². The first-order chi connectivity index (χ1) is 15.3. The number of piperidine rings is 1. The van der Waals surface area contributed by atoms with Crippen molar-refractivity contribution in [1.82, 2.24) is 14.4 Å². The fourth-order valence-corrected chi connectivity index (χ4v) is 6.27. The minimum Gasteiger partial charge on any atom is -0.339 e. The second-order valence-corrected chi connectivity index (χ2v) is 10.7. The van der Waals surface area contributed by atoms with Crippen LogP contribution in [0.3, 0.4) is 0 Å². The van der Waals surface area contributed by atoms with Gasteiger partial charge in [-0.2, -0.15) is 9.29 Å². The number of benzene rings is 1. The van der Waals surface area contributed by atoms with Crippen LogP contribution in [0.2, 0.25) is 0 Å². The van der Waals surface area contributed by atoms with E-state index >= 15 is 0 Å². The third kappa shape index (κ3) is 4.59. The lowest BCUT2D eigenvalue weighted by Crippen LogP contribution is -2.41. The fraction of sp³-hybridized carbons (Fsp3) is 0.381. The summed E-state index contributed by atoms with van der Waals surface area (Å²) in [6.45, 7) is 4.01. The molecule has 2 aromatic heterocycles. The van der Waals surface area contributed by atoms with Crippen LogP contribution in [-0.4, -0.2) is 41.9 Å². The molecule has 1 fully saturated rings. The third-order valence-electron chi connectivity index (χ3n) is 5.46. The minimum atomic E-state index is -3.68. The second-order valence-electron chi connectivity index (χ2n) is 7.65. The van der Waals surface area contributed by atoms with Crippen LogP contribution in [0, 0.1) is 18.7 Å². The van der Waals surface area contributed by atoms with Crippen molar-refractivity contribution in [1.29, 1.82) is 0 Å². The molecule has 1 aliphatic heterocycles. The van der Waals surface area contributed by atoms with Crippen molar-refractivity contribution in [3.8, 4) is 11.4 Å². The molecule has 0 unspecified atom stereocenters. The van der Waals surface area contributed by atoms with Crippen LogP contribution in [0.25, 0.3) is 11.4 Å². The number of amides is 1. The molecule has 1 aromatic carbocycles. The zero-order valence-electron chi connectivity index (χ0n) is 17.7. The Kier molecular flexibility index (Phi) is 6.40. The number of rotatable bonds is 6. The summed E-state index contributed by atoms with van der Waals surface area (Å²) < 4.78 is 46.5. The molecular weight excluding hydrogens is 455 g/mol. The van der Waals surface area contributed by atoms with Gasteiger partial charge in [-0.05, 0) is 43.5 Å². The van der Waals surface area contributed by atoms with Gasteiger partial charge in [-0.25, -0.2) is 12.8 Å². The highest BCUT2D eigenvalue weighted by Crippen LogP contribution is 2.31. The van der Waals surface area contributed by atoms with Gasteiger partial charge >= 0.3 is 0 Å². The topological polar surface area (TPSA) is 105 Å². The SMILES string of the molecule is CCc1nc(-c2csc(S(=O)(=O)N3CCC(C(=O)Nc4ccc(C)c(F)c4)CC3)c2)no1. The molecular formula is C21H23FN4O4S2. The van der Waals surface area contributed by atoms with E-state index < -0.39 is 10.0 Å². The van der Waals surface area contributed by atoms with Crippen LogP contribution >= 0.6 is 11.3 Å². The normalized spacial score (nSPS) is 15.7. The number of carbonyl (C=O) groups excluding carboxylic acids is 1. The number of anilines is 1. The van der Waals surface area contributed by atoms with Crippen molar-refractivity contribution in [3.05, 3.63) is 46.9 Å². The van der Waals surface area contributed by atoms with E-state index in [9.17, 15) is 17.6 Å². The molecule has 4 rings (SSSR count). The lowest BCUT2D eigenvalue weighted by atomic mass is 9.97. The predicted octanol–water partition coefficient (Wildman–Crippen LogP) is 3.85. The molecule has 1 N–H and O–H groups in total. The van der Waals surface area contributed by atoms with Crippen molar-refractivity contribution >= 4 is 33.0 Å². The van der Waals surface area contributed by atoms with Gasteiger partial charge in [0, 0.05) is 42.1 Å². The van der Waals surface area contributed by atoms with E-state index in [1.54, 1.807) is 30.5 Å². The van der Waals surface area contributed by atoms with Gasteiger partial charge in [0.15, 0.2) is 0 Å². The van der Waals surface area contributed by atoms with E-state index in [0.29, 0.717) is 47.8 Å². The average Bonchev–Trinajstić information content (AvgIpc) is 3.46. The fourth-order valence-electron chi connectivity index (χ4n) is 3.49. The van der Waals surface area contributed by atoms with Crippen LogP contribution in [0.1, 0.15) is 31.2 Å². The summed E-state index contributed by atoms with van der Waals surface area (Å²) in [7, 11) is -3.68. The Hall–Kier alpha value is -2.63. The molecule has 1 amide bonds. The van der Waals surface area contributed by atoms with E-state index in [1.807, 2.05) is 6.92 Å². The number of nitrogens with zero attached hydrogens (tertiary/aromatic N) is 3. The van der Waals surface area contributed by atoms with Crippen LogP contribution < -0.4 is 5.32 Å². The summed E-state index contributed by atoms with van der Waals surface area (Å²) in [4.78, 5) is 16.8. The number of aromatic nitrogens is 2. The molecule has 0 aliphatic carbocycles. The summed E-state index contributed by atoms with van der Waals surface area (Å²) in [5.74, 6) is -0.0957. The summed E-state index contributed by atoms with van der Waals surface area (Å²) in [5, 5.41) is 8.30. The number of sulfonamides is 1. The molecule has 0 bridgehead atoms. The van der Waals surface area contributed by atoms with Crippen LogP contribution in [0.15, 0.2) is 38.4 Å². The van der Waals surface area contributed by atoms with Crippen molar-refractivity contribution in [2.45, 2.75) is 37.3 Å². The smallest absolute Gasteiger partial charge is 0.252 e. The molecule has 0 spiro atoms. The van der Waals surface area contributed by atoms with Gasteiger partial charge in [-0.3, -0.25) is 4.79 Å². The molecule has 170 valence electrons. The van der Waals surface area contributed by atoms with Crippen LogP contribution in [-0.2, 0) is 21.2 Å². The number of hydrogen-bond donors (Lipinski definition) is 1. The van der Waals surface area contributed by atoms with Crippen molar-refractivity contribution in [2.75, 3.05) is 18.4 Å². The molecule has 3 heterocycles. The van der Waals surface area contributed by atoms with E-state index in [0.717, 1.165) is 11.3 Å². The Morgan fingerprint density at radius 2 is 2.06 bits per heavy atom. The Morgan fingerprint density at radius 3 is 2.72 bits per heavy atom. The maximum Gasteiger partial charge on any atom is 0.252 e. The predicted molar refractivity (Wildman–Crippen MR) is 118 cm³/mol. The Morgan fingerprint density at radius 1 is 1.31 bits per heavy atom. The quantitative estimate of drug-likeness (QED) is 0.577. The van der Waals surface area contributed by atoms with E-state index in [2.05, 4.69) is 15.5 Å². The van der Waals surface area contributed by atoms with E-state index in [-0.39, 0.29) is 34.9 Å². The lowest BCUT2D eigenvalue weighted by molar-refractivity contribution is -0.120. The van der Waals surface area contributed by atoms with Gasteiger partial charge in [0.05, 0.1) is 0 Å². The van der Waals surface area contributed by atoms with Gasteiger partial charge < -0.3 is 9.84 Å². The molecule has 32 heavy (non-hydrogen) atoms. The molecule has 3 aromatic rings. The molecule has 1 saturated heterocycles. The van der Waals surface area contributed by atoms with Crippen molar-refractivity contribution in [2.24, 2.45) is 5.92 Å². The lowest BCUT2D eigenvalue weighted by Gasteiger charge is -2.30. The van der Waals surface area contributed by atoms with Crippen molar-refractivity contribution < 1.29 is 22.1 Å². The maximum absolute atomic E-state index is 13.7. The highest BCUT2D eigenvalue weighted by atomic mass is 32.2. The monoisotopic (exact) mass is 478 g/mol. The third-order valence-corrected chi connectivity index (χ3v) is 8.78. The summed E-state index contributed by atoms with van der Waals surface area (Å²) in [6, 6.07) is 6.09. The maximum atomic E-state index is 13.7. The zero-order valence-corrected chi connectivity index (χ0v) is 19.3. The number of hydrogen-bond acceptors (Lipinski definition) is 7. The minimum absolute atomic E-state index is 0.202. The van der Waals surface area contributed by atoms with Gasteiger partial charge in [0.2, 0.25) is 17.6 Å². The Balaban J connectivity index is 1.39. The summed E-state index contributed by atoms with van der Waals surface area (Å²) in [5.41, 5.74) is 1.49. The summed E-state index contributed by atoms with van der Waals surface area (Å²) in [6.07, 6.45) is 1.38. The second kappa shape index (κ2) is 9.08. The highest BCUT2D eigenvalue weighted by Gasteiger charge is 2.33. The van der Waals surface area contributed by atoms with Gasteiger partial charge in [-0.1, -0.05) is 18.1 Å².